The quantitative estimate of drug-likeness (QED) is 0.664. The fourth-order valence-electron chi connectivity index (χ4n) is 3.33. The van der Waals surface area contributed by atoms with E-state index in [-0.39, 0.29) is 0 Å². The van der Waals surface area contributed by atoms with Crippen LogP contribution in [-0.4, -0.2) is 50.0 Å². The van der Waals surface area contributed by atoms with Gasteiger partial charge in [-0.2, -0.15) is 0 Å². The number of benzene rings is 1. The molecule has 1 fully saturated rings. The Morgan fingerprint density at radius 2 is 1.79 bits per heavy atom. The Labute approximate surface area is 146 Å². The van der Waals surface area contributed by atoms with E-state index < -0.39 is 5.60 Å². The minimum Gasteiger partial charge on any atom is -0.497 e. The highest BCUT2D eigenvalue weighted by molar-refractivity contribution is 5.30. The first kappa shape index (κ1) is 19.2. The van der Waals surface area contributed by atoms with Crippen LogP contribution >= 0.6 is 0 Å². The third-order valence-electron chi connectivity index (χ3n) is 5.02. The molecule has 0 bridgehead atoms. The summed E-state index contributed by atoms with van der Waals surface area (Å²) in [4.78, 5) is 2.39. The Hall–Kier alpha value is -1.10. The smallest absolute Gasteiger partial charge is 0.118 e. The Kier molecular flexibility index (Phi) is 8.03. The molecule has 4 heteroatoms. The molecule has 1 aromatic rings. The molecule has 0 spiro atoms. The van der Waals surface area contributed by atoms with Gasteiger partial charge in [-0.05, 0) is 30.5 Å². The van der Waals surface area contributed by atoms with Gasteiger partial charge in [0, 0.05) is 19.6 Å². The molecule has 2 rings (SSSR count). The van der Waals surface area contributed by atoms with Gasteiger partial charge in [-0.3, -0.25) is 4.90 Å². The predicted molar refractivity (Wildman–Crippen MR) is 97.5 cm³/mol. The Balaban J connectivity index is 2.00. The molecule has 0 saturated carbocycles. The Bertz CT molecular complexity index is 456. The van der Waals surface area contributed by atoms with E-state index in [9.17, 15) is 5.11 Å². The third-order valence-corrected chi connectivity index (χ3v) is 5.02. The summed E-state index contributed by atoms with van der Waals surface area (Å²) in [7, 11) is 1.67. The van der Waals surface area contributed by atoms with Gasteiger partial charge in [-0.25, -0.2) is 0 Å². The summed E-state index contributed by atoms with van der Waals surface area (Å²) in [6.45, 7) is 6.67. The maximum atomic E-state index is 11.4. The van der Waals surface area contributed by atoms with Crippen LogP contribution in [0.1, 0.15) is 51.0 Å². The zero-order valence-corrected chi connectivity index (χ0v) is 15.3. The molecule has 0 aliphatic carbocycles. The van der Waals surface area contributed by atoms with E-state index in [1.807, 2.05) is 24.3 Å². The van der Waals surface area contributed by atoms with Crippen molar-refractivity contribution in [1.82, 2.24) is 4.90 Å². The van der Waals surface area contributed by atoms with Crippen LogP contribution in [0.3, 0.4) is 0 Å². The molecule has 4 nitrogen and oxygen atoms in total. The van der Waals surface area contributed by atoms with Gasteiger partial charge < -0.3 is 14.6 Å². The van der Waals surface area contributed by atoms with E-state index in [0.29, 0.717) is 0 Å². The summed E-state index contributed by atoms with van der Waals surface area (Å²) in [5.74, 6) is 0.834. The van der Waals surface area contributed by atoms with Crippen LogP contribution in [0, 0.1) is 0 Å². The first-order valence-corrected chi connectivity index (χ1v) is 9.35. The molecule has 0 aromatic heterocycles. The fraction of sp³-hybridized carbons (Fsp3) is 0.700. The molecule has 0 radical (unpaired) electrons. The average Bonchev–Trinajstić information content (AvgIpc) is 2.64. The zero-order chi connectivity index (χ0) is 17.3. The summed E-state index contributed by atoms with van der Waals surface area (Å²) in [5, 5.41) is 11.4. The second kappa shape index (κ2) is 10.0. The highest BCUT2D eigenvalue weighted by Gasteiger charge is 2.29. The first-order valence-electron chi connectivity index (χ1n) is 9.35. The van der Waals surface area contributed by atoms with Crippen LogP contribution in [0.4, 0.5) is 0 Å². The number of nitrogens with zero attached hydrogens (tertiary/aromatic N) is 1. The monoisotopic (exact) mass is 335 g/mol. The average molecular weight is 335 g/mol. The van der Waals surface area contributed by atoms with E-state index in [0.717, 1.165) is 63.4 Å². The van der Waals surface area contributed by atoms with E-state index in [4.69, 9.17) is 9.47 Å². The van der Waals surface area contributed by atoms with Gasteiger partial charge in [0.05, 0.1) is 25.9 Å². The van der Waals surface area contributed by atoms with Crippen molar-refractivity contribution in [3.63, 3.8) is 0 Å². The van der Waals surface area contributed by atoms with Crippen LogP contribution in [0.15, 0.2) is 24.3 Å². The molecule has 1 unspecified atom stereocenters. The third kappa shape index (κ3) is 5.76. The van der Waals surface area contributed by atoms with Crippen LogP contribution < -0.4 is 4.74 Å². The molecule has 1 saturated heterocycles. The van der Waals surface area contributed by atoms with Crippen molar-refractivity contribution >= 4 is 0 Å². The van der Waals surface area contributed by atoms with Crippen molar-refractivity contribution < 1.29 is 14.6 Å². The summed E-state index contributed by atoms with van der Waals surface area (Å²) < 4.78 is 10.7. The summed E-state index contributed by atoms with van der Waals surface area (Å²) in [5.41, 5.74) is 0.256. The normalized spacial score (nSPS) is 18.3. The van der Waals surface area contributed by atoms with E-state index in [1.54, 1.807) is 7.11 Å². The molecule has 24 heavy (non-hydrogen) atoms. The van der Waals surface area contributed by atoms with Crippen LogP contribution in [0.5, 0.6) is 5.75 Å². The van der Waals surface area contributed by atoms with Gasteiger partial charge in [0.15, 0.2) is 0 Å². The van der Waals surface area contributed by atoms with Gasteiger partial charge in [0.2, 0.25) is 0 Å². The first-order chi connectivity index (χ1) is 11.7. The van der Waals surface area contributed by atoms with E-state index in [1.165, 1.54) is 19.3 Å². The summed E-state index contributed by atoms with van der Waals surface area (Å²) in [6, 6.07) is 7.91. The number of hydrogen-bond acceptors (Lipinski definition) is 4. The molecule has 1 aromatic carbocycles. The number of aliphatic hydroxyl groups is 1. The van der Waals surface area contributed by atoms with Crippen LogP contribution in [0.25, 0.3) is 0 Å². The lowest BCUT2D eigenvalue weighted by Gasteiger charge is -2.33. The lowest BCUT2D eigenvalue weighted by molar-refractivity contribution is -0.0113. The summed E-state index contributed by atoms with van der Waals surface area (Å²) >= 11 is 0. The maximum Gasteiger partial charge on any atom is 0.118 e. The highest BCUT2D eigenvalue weighted by atomic mass is 16.5. The van der Waals surface area contributed by atoms with Crippen LogP contribution in [-0.2, 0) is 10.3 Å². The number of unbranched alkanes of at least 4 members (excludes halogenated alkanes) is 3. The zero-order valence-electron chi connectivity index (χ0n) is 15.3. The SMILES string of the molecule is CCCCCCC(O)(CCN1CCOCC1)c1ccc(OC)cc1. The molecule has 1 atom stereocenters. The topological polar surface area (TPSA) is 41.9 Å². The van der Waals surface area contributed by atoms with Gasteiger partial charge >= 0.3 is 0 Å². The highest BCUT2D eigenvalue weighted by Crippen LogP contribution is 2.32. The maximum absolute atomic E-state index is 11.4. The second-order valence-electron chi connectivity index (χ2n) is 6.77. The predicted octanol–water partition coefficient (Wildman–Crippen LogP) is 3.58. The molecular weight excluding hydrogens is 302 g/mol. The van der Waals surface area contributed by atoms with Crippen LogP contribution in [0.2, 0.25) is 0 Å². The van der Waals surface area contributed by atoms with Crippen molar-refractivity contribution in [3.8, 4) is 5.75 Å². The number of ether oxygens (including phenoxy) is 2. The summed E-state index contributed by atoms with van der Waals surface area (Å²) in [6.07, 6.45) is 6.30. The fourth-order valence-corrected chi connectivity index (χ4v) is 3.33. The standard InChI is InChI=1S/C20H33NO3/c1-3-4-5-6-11-20(22,12-13-21-14-16-24-17-15-21)18-7-9-19(23-2)10-8-18/h7-10,22H,3-6,11-17H2,1-2H3. The number of hydrogen-bond donors (Lipinski definition) is 1. The van der Waals surface area contributed by atoms with Gasteiger partial charge in [0.25, 0.3) is 0 Å². The van der Waals surface area contributed by atoms with Gasteiger partial charge in [-0.15, -0.1) is 0 Å². The molecule has 1 aliphatic rings. The van der Waals surface area contributed by atoms with Crippen molar-refractivity contribution in [3.05, 3.63) is 29.8 Å². The van der Waals surface area contributed by atoms with Crippen molar-refractivity contribution in [1.29, 1.82) is 0 Å². The number of morpholine rings is 1. The van der Waals surface area contributed by atoms with Gasteiger partial charge in [-0.1, -0.05) is 44.7 Å². The molecule has 1 N–H and O–H groups in total. The van der Waals surface area contributed by atoms with E-state index in [2.05, 4.69) is 11.8 Å². The van der Waals surface area contributed by atoms with Crippen molar-refractivity contribution in [2.45, 2.75) is 51.0 Å². The molecule has 1 aliphatic heterocycles. The number of rotatable bonds is 10. The lowest BCUT2D eigenvalue weighted by Crippen LogP contribution is -2.40. The second-order valence-corrected chi connectivity index (χ2v) is 6.77. The number of methoxy groups -OCH3 is 1. The molecule has 0 amide bonds. The Morgan fingerprint density at radius 1 is 1.08 bits per heavy atom. The largest absolute Gasteiger partial charge is 0.497 e. The van der Waals surface area contributed by atoms with E-state index >= 15 is 0 Å². The van der Waals surface area contributed by atoms with Crippen molar-refractivity contribution in [2.75, 3.05) is 40.0 Å². The Morgan fingerprint density at radius 3 is 2.42 bits per heavy atom. The molecule has 136 valence electrons. The minimum atomic E-state index is -0.752. The molecular formula is C20H33NO3. The molecule has 1 heterocycles. The lowest BCUT2D eigenvalue weighted by atomic mass is 9.85. The minimum absolute atomic E-state index is 0.752. The van der Waals surface area contributed by atoms with Crippen molar-refractivity contribution in [2.24, 2.45) is 0 Å². The van der Waals surface area contributed by atoms with Gasteiger partial charge in [0.1, 0.15) is 5.75 Å².